The molecule has 1 rings (SSSR count). The minimum absolute atomic E-state index is 0.0119. The number of nitrogens with one attached hydrogen (secondary N) is 2. The van der Waals surface area contributed by atoms with Crippen LogP contribution in [0.15, 0.2) is 24.3 Å². The Hall–Kier alpha value is -2.04. The molecule has 0 aliphatic carbocycles. The molecule has 1 aromatic rings. The molecule has 0 heterocycles. The summed E-state index contributed by atoms with van der Waals surface area (Å²) in [7, 11) is 0. The quantitative estimate of drug-likeness (QED) is 0.687. The van der Waals surface area contributed by atoms with Gasteiger partial charge in [0.15, 0.2) is 0 Å². The van der Waals surface area contributed by atoms with E-state index in [1.165, 1.54) is 0 Å². The van der Waals surface area contributed by atoms with E-state index in [1.807, 2.05) is 13.8 Å². The third kappa shape index (κ3) is 7.68. The van der Waals surface area contributed by atoms with Crippen molar-refractivity contribution in [3.05, 3.63) is 29.8 Å². The average molecular weight is 320 g/mol. The maximum Gasteiger partial charge on any atom is 0.251 e. The molecule has 0 saturated heterocycles. The topological polar surface area (TPSA) is 67.4 Å². The zero-order chi connectivity index (χ0) is 17.2. The maximum atomic E-state index is 12.0. The van der Waals surface area contributed by atoms with Gasteiger partial charge in [-0.05, 0) is 36.6 Å². The molecule has 0 aliphatic heterocycles. The molecule has 0 saturated carbocycles. The summed E-state index contributed by atoms with van der Waals surface area (Å²) in [5, 5.41) is 5.53. The molecule has 0 radical (unpaired) electrons. The number of carbonyl (C=O) groups is 2. The van der Waals surface area contributed by atoms with Crippen LogP contribution in [0.2, 0.25) is 0 Å². The van der Waals surface area contributed by atoms with Crippen LogP contribution in [0.1, 0.15) is 44.5 Å². The molecule has 0 bridgehead atoms. The lowest BCUT2D eigenvalue weighted by molar-refractivity contribution is -0.123. The van der Waals surface area contributed by atoms with E-state index in [0.29, 0.717) is 31.2 Å². The predicted octanol–water partition coefficient (Wildman–Crippen LogP) is 2.61. The normalized spacial score (nSPS) is 10.7. The SMILES string of the molecule is CC(C)CCOc1ccc(C(=O)NCCNC(=O)C(C)C)cc1. The van der Waals surface area contributed by atoms with E-state index < -0.39 is 0 Å². The Morgan fingerprint density at radius 2 is 1.61 bits per heavy atom. The lowest BCUT2D eigenvalue weighted by Crippen LogP contribution is -2.36. The number of benzene rings is 1. The third-order valence-corrected chi connectivity index (χ3v) is 3.31. The van der Waals surface area contributed by atoms with E-state index in [2.05, 4.69) is 24.5 Å². The zero-order valence-electron chi connectivity index (χ0n) is 14.5. The van der Waals surface area contributed by atoms with Crippen molar-refractivity contribution in [2.24, 2.45) is 11.8 Å². The van der Waals surface area contributed by atoms with E-state index in [9.17, 15) is 9.59 Å². The highest BCUT2D eigenvalue weighted by atomic mass is 16.5. The molecule has 2 amide bonds. The summed E-state index contributed by atoms with van der Waals surface area (Å²) < 4.78 is 5.62. The van der Waals surface area contributed by atoms with Crippen molar-refractivity contribution >= 4 is 11.8 Å². The van der Waals surface area contributed by atoms with Crippen molar-refractivity contribution in [1.82, 2.24) is 10.6 Å². The number of hydrogen-bond donors (Lipinski definition) is 2. The molecular formula is C18H28N2O3. The molecule has 5 heteroatoms. The summed E-state index contributed by atoms with van der Waals surface area (Å²) in [5.74, 6) is 1.16. The number of rotatable bonds is 9. The summed E-state index contributed by atoms with van der Waals surface area (Å²) in [6, 6.07) is 7.09. The molecule has 0 spiro atoms. The summed E-state index contributed by atoms with van der Waals surface area (Å²) >= 11 is 0. The Kier molecular flexibility index (Phi) is 8.16. The first kappa shape index (κ1) is 19.0. The third-order valence-electron chi connectivity index (χ3n) is 3.31. The van der Waals surface area contributed by atoms with Crippen molar-refractivity contribution < 1.29 is 14.3 Å². The van der Waals surface area contributed by atoms with Crippen molar-refractivity contribution in [2.45, 2.75) is 34.1 Å². The Labute approximate surface area is 138 Å². The van der Waals surface area contributed by atoms with E-state index >= 15 is 0 Å². The smallest absolute Gasteiger partial charge is 0.251 e. The van der Waals surface area contributed by atoms with Crippen LogP contribution in [0.25, 0.3) is 0 Å². The van der Waals surface area contributed by atoms with Gasteiger partial charge in [-0.25, -0.2) is 0 Å². The van der Waals surface area contributed by atoms with Crippen LogP contribution in [0.5, 0.6) is 5.75 Å². The van der Waals surface area contributed by atoms with E-state index in [1.54, 1.807) is 24.3 Å². The fraction of sp³-hybridized carbons (Fsp3) is 0.556. The van der Waals surface area contributed by atoms with E-state index in [0.717, 1.165) is 12.2 Å². The highest BCUT2D eigenvalue weighted by Crippen LogP contribution is 2.13. The Morgan fingerprint density at radius 3 is 2.17 bits per heavy atom. The lowest BCUT2D eigenvalue weighted by atomic mass is 10.1. The highest BCUT2D eigenvalue weighted by Gasteiger charge is 2.07. The molecule has 5 nitrogen and oxygen atoms in total. The standard InChI is InChI=1S/C18H28N2O3/c1-13(2)9-12-23-16-7-5-15(6-8-16)18(22)20-11-10-19-17(21)14(3)4/h5-8,13-14H,9-12H2,1-4H3,(H,19,21)(H,20,22). The van der Waals surface area contributed by atoms with Crippen LogP contribution in [0.4, 0.5) is 0 Å². The Balaban J connectivity index is 2.32. The monoisotopic (exact) mass is 320 g/mol. The summed E-state index contributed by atoms with van der Waals surface area (Å²) in [5.41, 5.74) is 0.580. The number of hydrogen-bond acceptors (Lipinski definition) is 3. The zero-order valence-corrected chi connectivity index (χ0v) is 14.5. The molecule has 0 aromatic heterocycles. The second-order valence-electron chi connectivity index (χ2n) is 6.26. The van der Waals surface area contributed by atoms with Gasteiger partial charge in [0, 0.05) is 24.6 Å². The molecule has 2 N–H and O–H groups in total. The van der Waals surface area contributed by atoms with Gasteiger partial charge in [-0.2, -0.15) is 0 Å². The van der Waals surface area contributed by atoms with Gasteiger partial charge >= 0.3 is 0 Å². The van der Waals surface area contributed by atoms with Gasteiger partial charge in [-0.15, -0.1) is 0 Å². The average Bonchev–Trinajstić information content (AvgIpc) is 2.51. The fourth-order valence-corrected chi connectivity index (χ4v) is 1.78. The van der Waals surface area contributed by atoms with Crippen molar-refractivity contribution in [3.8, 4) is 5.75 Å². The van der Waals surface area contributed by atoms with Crippen molar-refractivity contribution in [2.75, 3.05) is 19.7 Å². The van der Waals surface area contributed by atoms with Crippen LogP contribution >= 0.6 is 0 Å². The number of amides is 2. The summed E-state index contributed by atoms with van der Waals surface area (Å²) in [6.07, 6.45) is 1.00. The minimum Gasteiger partial charge on any atom is -0.494 e. The summed E-state index contributed by atoms with van der Waals surface area (Å²) in [6.45, 7) is 9.49. The highest BCUT2D eigenvalue weighted by molar-refractivity contribution is 5.94. The Morgan fingerprint density at radius 1 is 1.00 bits per heavy atom. The predicted molar refractivity (Wildman–Crippen MR) is 91.6 cm³/mol. The van der Waals surface area contributed by atoms with Gasteiger partial charge in [-0.1, -0.05) is 27.7 Å². The number of ether oxygens (including phenoxy) is 1. The van der Waals surface area contributed by atoms with Gasteiger partial charge in [0.2, 0.25) is 5.91 Å². The van der Waals surface area contributed by atoms with Gasteiger partial charge in [0.25, 0.3) is 5.91 Å². The van der Waals surface area contributed by atoms with Gasteiger partial charge in [0.1, 0.15) is 5.75 Å². The molecule has 0 fully saturated rings. The van der Waals surface area contributed by atoms with Crippen LogP contribution in [0.3, 0.4) is 0 Å². The molecular weight excluding hydrogens is 292 g/mol. The van der Waals surface area contributed by atoms with Crippen LogP contribution in [-0.2, 0) is 4.79 Å². The largest absolute Gasteiger partial charge is 0.494 e. The second-order valence-corrected chi connectivity index (χ2v) is 6.26. The van der Waals surface area contributed by atoms with Crippen LogP contribution in [0, 0.1) is 11.8 Å². The Bertz CT molecular complexity index is 495. The molecule has 0 aliphatic rings. The van der Waals surface area contributed by atoms with Crippen molar-refractivity contribution in [1.29, 1.82) is 0 Å². The molecule has 0 atom stereocenters. The van der Waals surface area contributed by atoms with Gasteiger partial charge in [-0.3, -0.25) is 9.59 Å². The lowest BCUT2D eigenvalue weighted by Gasteiger charge is -2.10. The van der Waals surface area contributed by atoms with Crippen molar-refractivity contribution in [3.63, 3.8) is 0 Å². The first-order valence-corrected chi connectivity index (χ1v) is 8.19. The molecule has 128 valence electrons. The van der Waals surface area contributed by atoms with Gasteiger partial charge < -0.3 is 15.4 Å². The molecule has 0 unspecified atom stereocenters. The van der Waals surface area contributed by atoms with E-state index in [-0.39, 0.29) is 17.7 Å². The van der Waals surface area contributed by atoms with E-state index in [4.69, 9.17) is 4.74 Å². The maximum absolute atomic E-state index is 12.0. The van der Waals surface area contributed by atoms with Crippen LogP contribution in [-0.4, -0.2) is 31.5 Å². The first-order valence-electron chi connectivity index (χ1n) is 8.19. The minimum atomic E-state index is -0.155. The number of carbonyl (C=O) groups excluding carboxylic acids is 2. The second kappa shape index (κ2) is 9.87. The van der Waals surface area contributed by atoms with Crippen LogP contribution < -0.4 is 15.4 Å². The fourth-order valence-electron chi connectivity index (χ4n) is 1.78. The van der Waals surface area contributed by atoms with Gasteiger partial charge in [0.05, 0.1) is 6.61 Å². The summed E-state index contributed by atoms with van der Waals surface area (Å²) in [4.78, 5) is 23.4. The first-order chi connectivity index (χ1) is 10.9. The molecule has 1 aromatic carbocycles. The molecule has 23 heavy (non-hydrogen) atoms.